The van der Waals surface area contributed by atoms with Crippen LogP contribution in [0.25, 0.3) is 55.4 Å². The van der Waals surface area contributed by atoms with Gasteiger partial charge in [0.25, 0.3) is 0 Å². The molecule has 0 spiro atoms. The van der Waals surface area contributed by atoms with Crippen LogP contribution in [0.2, 0.25) is 0 Å². The second kappa shape index (κ2) is 10.6. The molecule has 0 fully saturated rings. The molecular formula is C41H32N2. The van der Waals surface area contributed by atoms with E-state index in [0.717, 1.165) is 6.54 Å². The molecular weight excluding hydrogens is 520 g/mol. The maximum atomic E-state index is 4.25. The Balaban J connectivity index is 1.24. The van der Waals surface area contributed by atoms with Crippen molar-refractivity contribution >= 4 is 33.2 Å². The summed E-state index contributed by atoms with van der Waals surface area (Å²) >= 11 is 0. The maximum absolute atomic E-state index is 4.25. The first-order valence-electron chi connectivity index (χ1n) is 15.1. The van der Waals surface area contributed by atoms with Gasteiger partial charge in [-0.05, 0) is 120 Å². The molecule has 0 radical (unpaired) electrons. The van der Waals surface area contributed by atoms with Gasteiger partial charge in [-0.2, -0.15) is 0 Å². The number of pyridine rings is 1. The van der Waals surface area contributed by atoms with Crippen LogP contribution in [0, 0.1) is 0 Å². The van der Waals surface area contributed by atoms with Gasteiger partial charge in [0.15, 0.2) is 0 Å². The van der Waals surface area contributed by atoms with E-state index in [1.807, 2.05) is 18.6 Å². The Morgan fingerprint density at radius 2 is 1.33 bits per heavy atom. The average Bonchev–Trinajstić information content (AvgIpc) is 3.09. The summed E-state index contributed by atoms with van der Waals surface area (Å²) in [6, 6.07) is 38.1. The molecule has 2 nitrogen and oxygen atoms in total. The summed E-state index contributed by atoms with van der Waals surface area (Å²) in [5, 5.41) is 8.66. The van der Waals surface area contributed by atoms with Crippen molar-refractivity contribution in [3.05, 3.63) is 162 Å². The summed E-state index contributed by atoms with van der Waals surface area (Å²) in [5.74, 6) is 0.628. The summed E-state index contributed by atoms with van der Waals surface area (Å²) in [4.78, 5) is 4.25. The third-order valence-corrected chi connectivity index (χ3v) is 9.18. The highest BCUT2D eigenvalue weighted by atomic mass is 14.8. The molecule has 2 unspecified atom stereocenters. The zero-order chi connectivity index (χ0) is 28.8. The molecule has 43 heavy (non-hydrogen) atoms. The number of allylic oxidation sites excluding steroid dienone is 3. The molecule has 2 heteroatoms. The number of nitrogens with one attached hydrogen (secondary N) is 1. The largest absolute Gasteiger partial charge is 0.387 e. The zero-order valence-electron chi connectivity index (χ0n) is 24.2. The number of dihydropyridines is 1. The highest BCUT2D eigenvalue weighted by Gasteiger charge is 2.27. The van der Waals surface area contributed by atoms with Gasteiger partial charge in [0, 0.05) is 24.9 Å². The van der Waals surface area contributed by atoms with Gasteiger partial charge in [0.05, 0.1) is 0 Å². The van der Waals surface area contributed by atoms with Gasteiger partial charge in [-0.25, -0.2) is 0 Å². The normalized spacial score (nSPS) is 17.5. The predicted octanol–water partition coefficient (Wildman–Crippen LogP) is 10.1. The van der Waals surface area contributed by atoms with E-state index in [-0.39, 0.29) is 5.92 Å². The quantitative estimate of drug-likeness (QED) is 0.220. The Hall–Kier alpha value is -5.21. The first-order chi connectivity index (χ1) is 21.2. The van der Waals surface area contributed by atoms with Crippen molar-refractivity contribution in [3.63, 3.8) is 0 Å². The van der Waals surface area contributed by atoms with E-state index >= 15 is 0 Å². The van der Waals surface area contributed by atoms with Gasteiger partial charge >= 0.3 is 0 Å². The van der Waals surface area contributed by atoms with E-state index in [0.29, 0.717) is 5.92 Å². The van der Waals surface area contributed by atoms with E-state index < -0.39 is 0 Å². The summed E-state index contributed by atoms with van der Waals surface area (Å²) in [6.45, 7) is 3.24. The van der Waals surface area contributed by atoms with Crippen LogP contribution in [0.5, 0.6) is 0 Å². The molecule has 2 aliphatic rings. The molecule has 1 aromatic heterocycles. The molecule has 6 aromatic rings. The Morgan fingerprint density at radius 3 is 2.09 bits per heavy atom. The van der Waals surface area contributed by atoms with E-state index in [1.165, 1.54) is 71.6 Å². The van der Waals surface area contributed by atoms with E-state index in [1.54, 1.807) is 0 Å². The molecule has 1 aliphatic carbocycles. The standard InChI is InChI=1S/C41H32N2/c1-27-35(13-14-40-38-11-3-2-9-36(38)37-10-4-5-12-39(37)41(27)40)31-8-6-7-30(23-31)34-25-32(28-15-19-42-20-16-28)24-33(26-34)29-17-21-43-22-18-29/h2-21,23-27,35,43H,22H2,1H3. The van der Waals surface area contributed by atoms with Crippen molar-refractivity contribution in [1.82, 2.24) is 10.3 Å². The molecule has 5 aromatic carbocycles. The van der Waals surface area contributed by atoms with E-state index in [9.17, 15) is 0 Å². The lowest BCUT2D eigenvalue weighted by Crippen LogP contribution is -2.12. The molecule has 206 valence electrons. The number of hydrogen-bond acceptors (Lipinski definition) is 2. The zero-order valence-corrected chi connectivity index (χ0v) is 24.2. The smallest absolute Gasteiger partial charge is 0.0334 e. The molecule has 2 atom stereocenters. The molecule has 0 amide bonds. The van der Waals surface area contributed by atoms with Gasteiger partial charge in [0.1, 0.15) is 0 Å². The number of fused-ring (bicyclic) bond motifs is 6. The SMILES string of the molecule is CC1c2c(c3ccccc3c3ccccc23)C=CC1c1cccc(-c2cc(C3=CCNC=C3)cc(-c3ccncc3)c2)c1. The lowest BCUT2D eigenvalue weighted by molar-refractivity contribution is 0.676. The van der Waals surface area contributed by atoms with Crippen molar-refractivity contribution in [1.29, 1.82) is 0 Å². The van der Waals surface area contributed by atoms with Crippen LogP contribution in [-0.2, 0) is 0 Å². The molecule has 1 aliphatic heterocycles. The van der Waals surface area contributed by atoms with Crippen LogP contribution in [0.4, 0.5) is 0 Å². The maximum Gasteiger partial charge on any atom is 0.0334 e. The molecule has 0 saturated carbocycles. The Morgan fingerprint density at radius 1 is 0.628 bits per heavy atom. The molecule has 8 rings (SSSR count). The number of benzene rings is 5. The van der Waals surface area contributed by atoms with Gasteiger partial charge in [-0.15, -0.1) is 0 Å². The first kappa shape index (κ1) is 25.5. The molecule has 0 bridgehead atoms. The van der Waals surface area contributed by atoms with Crippen LogP contribution >= 0.6 is 0 Å². The third-order valence-electron chi connectivity index (χ3n) is 9.18. The highest BCUT2D eigenvalue weighted by Crippen LogP contribution is 2.47. The number of aromatic nitrogens is 1. The Labute approximate surface area is 252 Å². The number of nitrogens with zero attached hydrogens (tertiary/aromatic N) is 1. The van der Waals surface area contributed by atoms with Gasteiger partial charge in [0.2, 0.25) is 0 Å². The van der Waals surface area contributed by atoms with E-state index in [4.69, 9.17) is 0 Å². The van der Waals surface area contributed by atoms with Crippen LogP contribution in [0.15, 0.2) is 140 Å². The number of rotatable bonds is 4. The first-order valence-corrected chi connectivity index (χ1v) is 15.1. The molecule has 0 saturated heterocycles. The lowest BCUT2D eigenvalue weighted by atomic mass is 9.73. The van der Waals surface area contributed by atoms with E-state index in [2.05, 4.69) is 145 Å². The van der Waals surface area contributed by atoms with Crippen LogP contribution in [0.3, 0.4) is 0 Å². The second-order valence-corrected chi connectivity index (χ2v) is 11.7. The van der Waals surface area contributed by atoms with Gasteiger partial charge in [-0.3, -0.25) is 4.98 Å². The fraction of sp³-hybridized carbons (Fsp3) is 0.0976. The average molecular weight is 553 g/mol. The van der Waals surface area contributed by atoms with Crippen molar-refractivity contribution in [2.75, 3.05) is 6.54 Å². The number of hydrogen-bond donors (Lipinski definition) is 1. The minimum atomic E-state index is 0.287. The monoisotopic (exact) mass is 552 g/mol. The van der Waals surface area contributed by atoms with Crippen LogP contribution in [-0.4, -0.2) is 11.5 Å². The minimum absolute atomic E-state index is 0.287. The van der Waals surface area contributed by atoms with Crippen molar-refractivity contribution in [2.24, 2.45) is 0 Å². The summed E-state index contributed by atoms with van der Waals surface area (Å²) in [6.07, 6.45) is 15.0. The minimum Gasteiger partial charge on any atom is -0.387 e. The van der Waals surface area contributed by atoms with Gasteiger partial charge in [-0.1, -0.05) is 97.9 Å². The summed E-state index contributed by atoms with van der Waals surface area (Å²) < 4.78 is 0. The summed E-state index contributed by atoms with van der Waals surface area (Å²) in [7, 11) is 0. The fourth-order valence-electron chi connectivity index (χ4n) is 7.08. The third kappa shape index (κ3) is 4.47. The lowest BCUT2D eigenvalue weighted by Gasteiger charge is -2.30. The highest BCUT2D eigenvalue weighted by molar-refractivity contribution is 6.13. The topological polar surface area (TPSA) is 24.9 Å². The molecule has 1 N–H and O–H groups in total. The van der Waals surface area contributed by atoms with Crippen LogP contribution in [0.1, 0.15) is 41.0 Å². The van der Waals surface area contributed by atoms with Gasteiger partial charge < -0.3 is 5.32 Å². The summed E-state index contributed by atoms with van der Waals surface area (Å²) in [5.41, 5.74) is 11.5. The van der Waals surface area contributed by atoms with Crippen molar-refractivity contribution in [3.8, 4) is 22.3 Å². The van der Waals surface area contributed by atoms with Crippen LogP contribution < -0.4 is 5.32 Å². The second-order valence-electron chi connectivity index (χ2n) is 11.7. The Bertz CT molecular complexity index is 2100. The molecule has 2 heterocycles. The predicted molar refractivity (Wildman–Crippen MR) is 182 cm³/mol. The van der Waals surface area contributed by atoms with Crippen molar-refractivity contribution in [2.45, 2.75) is 18.8 Å². The fourth-order valence-corrected chi connectivity index (χ4v) is 7.08. The van der Waals surface area contributed by atoms with Crippen molar-refractivity contribution < 1.29 is 0 Å². The Kier molecular flexibility index (Phi) is 6.26.